The highest BCUT2D eigenvalue weighted by atomic mass is 16.5. The van der Waals surface area contributed by atoms with Gasteiger partial charge in [-0.25, -0.2) is 0 Å². The van der Waals surface area contributed by atoms with Crippen molar-refractivity contribution in [3.8, 4) is 0 Å². The Labute approximate surface area is 122 Å². The normalized spacial score (nSPS) is 10.7. The highest BCUT2D eigenvalue weighted by molar-refractivity contribution is 5.77. The lowest BCUT2D eigenvalue weighted by Crippen LogP contribution is -2.29. The first-order valence-electron chi connectivity index (χ1n) is 7.45. The number of likely N-dealkylation sites (N-methyl/N-ethyl adjacent to an activating group) is 1. The Kier molecular flexibility index (Phi) is 15.8. The summed E-state index contributed by atoms with van der Waals surface area (Å²) in [5, 5.41) is 5.81. The van der Waals surface area contributed by atoms with Gasteiger partial charge in [0.15, 0.2) is 0 Å². The number of amides is 1. The maximum absolute atomic E-state index is 11.3. The number of nitrogens with one attached hydrogen (secondary N) is 2. The highest BCUT2D eigenvalue weighted by Gasteiger charge is 2.00. The molecule has 0 rings (SSSR count). The van der Waals surface area contributed by atoms with Gasteiger partial charge in [-0.15, -0.1) is 0 Å². The molecule has 2 N–H and O–H groups in total. The summed E-state index contributed by atoms with van der Waals surface area (Å²) in [5.74, 6) is -0.0588. The Morgan fingerprint density at radius 2 is 1.55 bits per heavy atom. The van der Waals surface area contributed by atoms with Gasteiger partial charge < -0.3 is 24.8 Å². The molecular weight excluding hydrogens is 260 g/mol. The van der Waals surface area contributed by atoms with E-state index in [1.807, 2.05) is 7.05 Å². The smallest absolute Gasteiger partial charge is 0.245 e. The van der Waals surface area contributed by atoms with Gasteiger partial charge in [0, 0.05) is 13.1 Å². The quantitative estimate of drug-likeness (QED) is 0.431. The molecule has 1 amide bonds. The Balaban J connectivity index is 3.09. The number of carbonyl (C=O) groups is 1. The lowest BCUT2D eigenvalue weighted by atomic mass is 10.2. The first-order chi connectivity index (χ1) is 9.81. The Hall–Kier alpha value is -0.690. The molecule has 0 aliphatic rings. The van der Waals surface area contributed by atoms with Gasteiger partial charge in [0.1, 0.15) is 6.61 Å². The molecule has 0 bridgehead atoms. The summed E-state index contributed by atoms with van der Waals surface area (Å²) in [6.45, 7) is 6.56. The van der Waals surface area contributed by atoms with E-state index in [4.69, 9.17) is 14.2 Å². The minimum Gasteiger partial charge on any atom is -0.378 e. The second-order valence-corrected chi connectivity index (χ2v) is 4.44. The molecule has 0 aromatic heterocycles. The molecule has 0 saturated heterocycles. The van der Waals surface area contributed by atoms with Crippen molar-refractivity contribution in [3.63, 3.8) is 0 Å². The molecule has 0 radical (unpaired) electrons. The van der Waals surface area contributed by atoms with Crippen molar-refractivity contribution in [1.29, 1.82) is 0 Å². The molecule has 0 atom stereocenters. The van der Waals surface area contributed by atoms with Gasteiger partial charge in [0.05, 0.1) is 33.0 Å². The van der Waals surface area contributed by atoms with Crippen molar-refractivity contribution in [1.82, 2.24) is 10.6 Å². The molecule has 0 heterocycles. The molecule has 0 aliphatic heterocycles. The minimum absolute atomic E-state index is 0.0588. The van der Waals surface area contributed by atoms with Gasteiger partial charge in [-0.1, -0.05) is 19.8 Å². The van der Waals surface area contributed by atoms with E-state index < -0.39 is 0 Å². The Bertz CT molecular complexity index is 215. The SMILES string of the molecule is CCCCCNC(=O)COCCOCCOCCNC. The van der Waals surface area contributed by atoms with Crippen LogP contribution >= 0.6 is 0 Å². The van der Waals surface area contributed by atoms with Gasteiger partial charge in [-0.2, -0.15) is 0 Å². The van der Waals surface area contributed by atoms with Crippen molar-refractivity contribution in [2.45, 2.75) is 26.2 Å². The molecule has 0 fully saturated rings. The first-order valence-corrected chi connectivity index (χ1v) is 7.45. The summed E-state index contributed by atoms with van der Waals surface area (Å²) in [7, 11) is 1.89. The predicted molar refractivity (Wildman–Crippen MR) is 78.9 cm³/mol. The van der Waals surface area contributed by atoms with Crippen LogP contribution in [0.5, 0.6) is 0 Å². The van der Waals surface area contributed by atoms with Gasteiger partial charge in [-0.3, -0.25) is 4.79 Å². The molecule has 0 spiro atoms. The zero-order valence-electron chi connectivity index (χ0n) is 12.9. The fraction of sp³-hybridized carbons (Fsp3) is 0.929. The third-order valence-corrected chi connectivity index (χ3v) is 2.58. The third-order valence-electron chi connectivity index (χ3n) is 2.58. The second kappa shape index (κ2) is 16.4. The minimum atomic E-state index is -0.0588. The summed E-state index contributed by atoms with van der Waals surface area (Å²) in [6.07, 6.45) is 3.33. The van der Waals surface area contributed by atoms with E-state index in [-0.39, 0.29) is 12.5 Å². The number of hydrogen-bond donors (Lipinski definition) is 2. The summed E-state index contributed by atoms with van der Waals surface area (Å²) in [5.41, 5.74) is 0. The van der Waals surface area contributed by atoms with Crippen LogP contribution in [-0.4, -0.2) is 65.7 Å². The van der Waals surface area contributed by atoms with E-state index in [2.05, 4.69) is 17.6 Å². The molecule has 0 aromatic rings. The highest BCUT2D eigenvalue weighted by Crippen LogP contribution is 1.91. The summed E-state index contributed by atoms with van der Waals surface area (Å²) >= 11 is 0. The molecule has 0 unspecified atom stereocenters. The van der Waals surface area contributed by atoms with Crippen LogP contribution in [0.1, 0.15) is 26.2 Å². The molecule has 20 heavy (non-hydrogen) atoms. The number of carbonyl (C=O) groups excluding carboxylic acids is 1. The number of unbranched alkanes of at least 4 members (excludes halogenated alkanes) is 2. The van der Waals surface area contributed by atoms with Gasteiger partial charge in [-0.05, 0) is 13.5 Å². The summed E-state index contributed by atoms with van der Waals surface area (Å²) < 4.78 is 15.8. The van der Waals surface area contributed by atoms with Crippen LogP contribution in [-0.2, 0) is 19.0 Å². The molecule has 6 nitrogen and oxygen atoms in total. The first kappa shape index (κ1) is 19.3. The van der Waals surface area contributed by atoms with E-state index in [1.54, 1.807) is 0 Å². The number of rotatable bonds is 15. The van der Waals surface area contributed by atoms with Crippen LogP contribution in [0.2, 0.25) is 0 Å². The van der Waals surface area contributed by atoms with Crippen molar-refractivity contribution in [2.75, 3.05) is 59.8 Å². The topological polar surface area (TPSA) is 68.8 Å². The van der Waals surface area contributed by atoms with Crippen LogP contribution in [0, 0.1) is 0 Å². The second-order valence-electron chi connectivity index (χ2n) is 4.44. The number of hydrogen-bond acceptors (Lipinski definition) is 5. The lowest BCUT2D eigenvalue weighted by molar-refractivity contribution is -0.126. The average Bonchev–Trinajstić information content (AvgIpc) is 2.45. The molecule has 0 aromatic carbocycles. The monoisotopic (exact) mass is 290 g/mol. The van der Waals surface area contributed by atoms with Crippen molar-refractivity contribution in [3.05, 3.63) is 0 Å². The van der Waals surface area contributed by atoms with E-state index in [0.29, 0.717) is 33.0 Å². The fourth-order valence-electron chi connectivity index (χ4n) is 1.43. The van der Waals surface area contributed by atoms with Crippen LogP contribution in [0.25, 0.3) is 0 Å². The van der Waals surface area contributed by atoms with E-state index >= 15 is 0 Å². The number of ether oxygens (including phenoxy) is 3. The third kappa shape index (κ3) is 15.4. The summed E-state index contributed by atoms with van der Waals surface area (Å²) in [4.78, 5) is 11.3. The van der Waals surface area contributed by atoms with Crippen LogP contribution in [0.4, 0.5) is 0 Å². The molecule has 0 aliphatic carbocycles. The van der Waals surface area contributed by atoms with Crippen LogP contribution < -0.4 is 10.6 Å². The van der Waals surface area contributed by atoms with E-state index in [1.165, 1.54) is 0 Å². The van der Waals surface area contributed by atoms with Crippen molar-refractivity contribution >= 4 is 5.91 Å². The zero-order chi connectivity index (χ0) is 14.9. The average molecular weight is 290 g/mol. The van der Waals surface area contributed by atoms with Crippen molar-refractivity contribution in [2.24, 2.45) is 0 Å². The van der Waals surface area contributed by atoms with Gasteiger partial charge in [0.25, 0.3) is 0 Å². The fourth-order valence-corrected chi connectivity index (χ4v) is 1.43. The predicted octanol–water partition coefficient (Wildman–Crippen LogP) is 0.562. The van der Waals surface area contributed by atoms with E-state index in [9.17, 15) is 4.79 Å². The Morgan fingerprint density at radius 3 is 2.20 bits per heavy atom. The summed E-state index contributed by atoms with van der Waals surface area (Å²) in [6, 6.07) is 0. The van der Waals surface area contributed by atoms with E-state index in [0.717, 1.165) is 32.4 Å². The van der Waals surface area contributed by atoms with Crippen LogP contribution in [0.15, 0.2) is 0 Å². The standard InChI is InChI=1S/C14H30N2O4/c1-3-4-5-6-16-14(17)13-20-12-11-19-10-9-18-8-7-15-2/h15H,3-13H2,1-2H3,(H,16,17). The molecule has 0 saturated carbocycles. The lowest BCUT2D eigenvalue weighted by Gasteiger charge is -2.07. The van der Waals surface area contributed by atoms with Gasteiger partial charge in [0.2, 0.25) is 5.91 Å². The maximum atomic E-state index is 11.3. The molecule has 120 valence electrons. The van der Waals surface area contributed by atoms with Gasteiger partial charge >= 0.3 is 0 Å². The molecular formula is C14H30N2O4. The zero-order valence-corrected chi connectivity index (χ0v) is 12.9. The Morgan fingerprint density at radius 1 is 0.900 bits per heavy atom. The molecule has 6 heteroatoms. The van der Waals surface area contributed by atoms with Crippen molar-refractivity contribution < 1.29 is 19.0 Å². The largest absolute Gasteiger partial charge is 0.378 e. The van der Waals surface area contributed by atoms with Crippen LogP contribution in [0.3, 0.4) is 0 Å². The maximum Gasteiger partial charge on any atom is 0.245 e.